The van der Waals surface area contributed by atoms with Gasteiger partial charge >= 0.3 is 0 Å². The molecule has 1 aliphatic rings. The predicted octanol–water partition coefficient (Wildman–Crippen LogP) is 0.274. The van der Waals surface area contributed by atoms with Crippen LogP contribution < -0.4 is 10.6 Å². The van der Waals surface area contributed by atoms with E-state index in [9.17, 15) is 9.00 Å². The van der Waals surface area contributed by atoms with Crippen LogP contribution in [0.15, 0.2) is 0 Å². The average Bonchev–Trinajstić information content (AvgIpc) is 2.82. The van der Waals surface area contributed by atoms with Gasteiger partial charge in [0.25, 0.3) is 0 Å². The Morgan fingerprint density at radius 1 is 1.47 bits per heavy atom. The van der Waals surface area contributed by atoms with E-state index in [2.05, 4.69) is 17.6 Å². The van der Waals surface area contributed by atoms with Crippen LogP contribution in [0.1, 0.15) is 26.7 Å². The molecule has 0 aromatic carbocycles. The highest BCUT2D eigenvalue weighted by molar-refractivity contribution is 7.84. The summed E-state index contributed by atoms with van der Waals surface area (Å²) in [5.41, 5.74) is 0. The zero-order valence-electron chi connectivity index (χ0n) is 12.1. The van der Waals surface area contributed by atoms with Gasteiger partial charge in [0.1, 0.15) is 0 Å². The molecule has 2 N–H and O–H groups in total. The van der Waals surface area contributed by atoms with Gasteiger partial charge < -0.3 is 15.4 Å². The third kappa shape index (κ3) is 6.01. The highest BCUT2D eigenvalue weighted by Gasteiger charge is 2.33. The second-order valence-electron chi connectivity index (χ2n) is 5.18. The number of ether oxygens (including phenoxy) is 1. The van der Waals surface area contributed by atoms with E-state index in [0.29, 0.717) is 19.0 Å². The summed E-state index contributed by atoms with van der Waals surface area (Å²) in [6.45, 7) is 6.05. The maximum absolute atomic E-state index is 12.2. The minimum Gasteiger partial charge on any atom is -0.379 e. The third-order valence-corrected chi connectivity index (χ3v) is 4.11. The highest BCUT2D eigenvalue weighted by Crippen LogP contribution is 2.14. The van der Waals surface area contributed by atoms with Crippen molar-refractivity contribution in [2.45, 2.75) is 38.8 Å². The molecule has 6 heteroatoms. The number of carbonyl (C=O) groups excluding carboxylic acids is 1. The Morgan fingerprint density at radius 2 is 2.21 bits per heavy atom. The van der Waals surface area contributed by atoms with Crippen LogP contribution in [0.2, 0.25) is 0 Å². The molecule has 1 heterocycles. The highest BCUT2D eigenvalue weighted by atomic mass is 32.2. The Labute approximate surface area is 118 Å². The molecule has 1 saturated heterocycles. The quantitative estimate of drug-likeness (QED) is 0.673. The summed E-state index contributed by atoms with van der Waals surface area (Å²) in [4.78, 5) is 12.2. The van der Waals surface area contributed by atoms with Crippen LogP contribution in [-0.2, 0) is 20.3 Å². The van der Waals surface area contributed by atoms with Gasteiger partial charge in [0, 0.05) is 34.9 Å². The molecule has 4 atom stereocenters. The monoisotopic (exact) mass is 290 g/mol. The van der Waals surface area contributed by atoms with E-state index in [1.165, 1.54) is 0 Å². The standard InChI is InChI=1S/C13H26N2O3S/c1-4-6-14-12-9-18-8-11(12)13(16)15-10(2)5-7-19(3)17/h10-12,14H,4-9H2,1-3H3,(H,15,16). The smallest absolute Gasteiger partial charge is 0.227 e. The van der Waals surface area contributed by atoms with Crippen molar-refractivity contribution in [1.29, 1.82) is 0 Å². The second kappa shape index (κ2) is 8.66. The lowest BCUT2D eigenvalue weighted by atomic mass is 10.0. The molecule has 4 unspecified atom stereocenters. The maximum atomic E-state index is 12.2. The van der Waals surface area contributed by atoms with E-state index in [1.54, 1.807) is 6.26 Å². The van der Waals surface area contributed by atoms with Gasteiger partial charge in [0.15, 0.2) is 0 Å². The molecule has 5 nitrogen and oxygen atoms in total. The first-order valence-electron chi connectivity index (χ1n) is 6.96. The van der Waals surface area contributed by atoms with E-state index in [-0.39, 0.29) is 23.9 Å². The third-order valence-electron chi connectivity index (χ3n) is 3.30. The zero-order chi connectivity index (χ0) is 14.3. The van der Waals surface area contributed by atoms with Crippen LogP contribution in [0.4, 0.5) is 0 Å². The van der Waals surface area contributed by atoms with Gasteiger partial charge in [-0.1, -0.05) is 6.92 Å². The summed E-state index contributed by atoms with van der Waals surface area (Å²) in [6.07, 6.45) is 3.48. The van der Waals surface area contributed by atoms with Crippen molar-refractivity contribution in [1.82, 2.24) is 10.6 Å². The van der Waals surface area contributed by atoms with Crippen LogP contribution >= 0.6 is 0 Å². The molecule has 19 heavy (non-hydrogen) atoms. The lowest BCUT2D eigenvalue weighted by Gasteiger charge is -2.21. The first-order valence-corrected chi connectivity index (χ1v) is 8.68. The normalized spacial score (nSPS) is 26.1. The molecule has 0 aliphatic carbocycles. The van der Waals surface area contributed by atoms with Crippen molar-refractivity contribution in [2.75, 3.05) is 31.8 Å². The Balaban J connectivity index is 2.36. The molecule has 1 aliphatic heterocycles. The van der Waals surface area contributed by atoms with Crippen molar-refractivity contribution >= 4 is 16.7 Å². The topological polar surface area (TPSA) is 67.4 Å². The Bertz CT molecular complexity index is 312. The number of hydrogen-bond acceptors (Lipinski definition) is 4. The molecular formula is C13H26N2O3S. The summed E-state index contributed by atoms with van der Waals surface area (Å²) in [5, 5.41) is 6.34. The Kier molecular flexibility index (Phi) is 7.56. The van der Waals surface area contributed by atoms with Crippen molar-refractivity contribution < 1.29 is 13.7 Å². The second-order valence-corrected chi connectivity index (χ2v) is 6.73. The molecule has 0 bridgehead atoms. The first-order chi connectivity index (χ1) is 9.04. The largest absolute Gasteiger partial charge is 0.379 e. The summed E-state index contributed by atoms with van der Waals surface area (Å²) in [5.74, 6) is 0.557. The van der Waals surface area contributed by atoms with Crippen molar-refractivity contribution in [3.63, 3.8) is 0 Å². The maximum Gasteiger partial charge on any atom is 0.227 e. The Morgan fingerprint density at radius 3 is 2.84 bits per heavy atom. The van der Waals surface area contributed by atoms with Crippen LogP contribution in [0, 0.1) is 5.92 Å². The SMILES string of the molecule is CCCNC1COCC1C(=O)NC(C)CCS(C)=O. The van der Waals surface area contributed by atoms with Gasteiger partial charge in [-0.3, -0.25) is 9.00 Å². The fourth-order valence-electron chi connectivity index (χ4n) is 2.11. The van der Waals surface area contributed by atoms with Gasteiger partial charge in [-0.25, -0.2) is 0 Å². The van der Waals surface area contributed by atoms with Gasteiger partial charge in [0.2, 0.25) is 5.91 Å². The lowest BCUT2D eigenvalue weighted by molar-refractivity contribution is -0.126. The van der Waals surface area contributed by atoms with E-state index in [4.69, 9.17) is 4.74 Å². The van der Waals surface area contributed by atoms with E-state index >= 15 is 0 Å². The summed E-state index contributed by atoms with van der Waals surface area (Å²) < 4.78 is 16.4. The van der Waals surface area contributed by atoms with Crippen molar-refractivity contribution in [3.8, 4) is 0 Å². The fourth-order valence-corrected chi connectivity index (χ4v) is 2.79. The van der Waals surface area contributed by atoms with Crippen LogP contribution in [0.3, 0.4) is 0 Å². The Hall–Kier alpha value is -0.460. The average molecular weight is 290 g/mol. The van der Waals surface area contributed by atoms with Gasteiger partial charge in [-0.05, 0) is 26.3 Å². The number of nitrogens with one attached hydrogen (secondary N) is 2. The molecule has 0 saturated carbocycles. The number of hydrogen-bond donors (Lipinski definition) is 2. The number of rotatable bonds is 8. The molecule has 0 radical (unpaired) electrons. The minimum atomic E-state index is -0.803. The summed E-state index contributed by atoms with van der Waals surface area (Å²) in [6, 6.07) is 0.177. The van der Waals surface area contributed by atoms with Crippen LogP contribution in [0.5, 0.6) is 0 Å². The van der Waals surface area contributed by atoms with E-state index < -0.39 is 10.8 Å². The molecule has 1 rings (SSSR count). The molecule has 0 aromatic heterocycles. The number of carbonyl (C=O) groups is 1. The molecule has 112 valence electrons. The van der Waals surface area contributed by atoms with E-state index in [0.717, 1.165) is 19.4 Å². The van der Waals surface area contributed by atoms with Crippen molar-refractivity contribution in [2.24, 2.45) is 5.92 Å². The predicted molar refractivity (Wildman–Crippen MR) is 77.5 cm³/mol. The molecule has 0 spiro atoms. The van der Waals surface area contributed by atoms with Crippen LogP contribution in [0.25, 0.3) is 0 Å². The van der Waals surface area contributed by atoms with Crippen molar-refractivity contribution in [3.05, 3.63) is 0 Å². The number of amides is 1. The summed E-state index contributed by atoms with van der Waals surface area (Å²) >= 11 is 0. The first kappa shape index (κ1) is 16.6. The van der Waals surface area contributed by atoms with Gasteiger partial charge in [-0.2, -0.15) is 0 Å². The lowest BCUT2D eigenvalue weighted by Crippen LogP contribution is -2.46. The molecule has 1 fully saturated rings. The summed E-state index contributed by atoms with van der Waals surface area (Å²) in [7, 11) is -0.803. The van der Waals surface area contributed by atoms with Gasteiger partial charge in [-0.15, -0.1) is 0 Å². The van der Waals surface area contributed by atoms with E-state index in [1.807, 2.05) is 6.92 Å². The molecular weight excluding hydrogens is 264 g/mol. The fraction of sp³-hybridized carbons (Fsp3) is 0.923. The zero-order valence-corrected chi connectivity index (χ0v) is 12.9. The van der Waals surface area contributed by atoms with Gasteiger partial charge in [0.05, 0.1) is 19.1 Å². The molecule has 1 amide bonds. The minimum absolute atomic E-state index is 0.0421. The van der Waals surface area contributed by atoms with Crippen LogP contribution in [-0.4, -0.2) is 54.0 Å². The molecule has 0 aromatic rings.